The van der Waals surface area contributed by atoms with Crippen molar-refractivity contribution in [3.05, 3.63) is 35.9 Å². The van der Waals surface area contributed by atoms with Crippen LogP contribution in [0.3, 0.4) is 0 Å². The lowest BCUT2D eigenvalue weighted by atomic mass is 10.2. The van der Waals surface area contributed by atoms with Gasteiger partial charge in [-0.25, -0.2) is 18.1 Å². The summed E-state index contributed by atoms with van der Waals surface area (Å²) in [6.07, 6.45) is 1.60. The number of nitrogen functional groups attached to an aromatic ring is 1. The molecular formula is C12H16N4O2S. The van der Waals surface area contributed by atoms with Gasteiger partial charge < -0.3 is 10.3 Å². The average Bonchev–Trinajstić information content (AvgIpc) is 2.70. The zero-order valence-electron chi connectivity index (χ0n) is 11.0. The van der Waals surface area contributed by atoms with Gasteiger partial charge in [-0.1, -0.05) is 0 Å². The van der Waals surface area contributed by atoms with Crippen LogP contribution in [-0.2, 0) is 10.0 Å². The number of nitrogens with two attached hydrogens (primary N) is 1. The molecule has 2 aromatic rings. The highest BCUT2D eigenvalue weighted by Crippen LogP contribution is 2.24. The summed E-state index contributed by atoms with van der Waals surface area (Å²) in [5, 5.41) is 0. The fourth-order valence-corrected chi connectivity index (χ4v) is 2.75. The van der Waals surface area contributed by atoms with E-state index in [9.17, 15) is 8.42 Å². The Kier molecular flexibility index (Phi) is 3.34. The number of nitrogens with one attached hydrogen (secondary N) is 1. The molecule has 0 fully saturated rings. The fourth-order valence-electron chi connectivity index (χ4n) is 1.80. The molecule has 0 amide bonds. The highest BCUT2D eigenvalue weighted by atomic mass is 32.2. The van der Waals surface area contributed by atoms with Gasteiger partial charge in [0.2, 0.25) is 10.0 Å². The molecular weight excluding hydrogens is 264 g/mol. The molecule has 6 nitrogen and oxygen atoms in total. The lowest BCUT2D eigenvalue weighted by Crippen LogP contribution is -2.21. The zero-order chi connectivity index (χ0) is 14.2. The molecule has 3 N–H and O–H groups in total. The van der Waals surface area contributed by atoms with E-state index in [1.807, 2.05) is 13.8 Å². The summed E-state index contributed by atoms with van der Waals surface area (Å²) in [4.78, 5) is 4.32. The molecule has 0 saturated carbocycles. The topological polar surface area (TPSA) is 90.0 Å². The Morgan fingerprint density at radius 2 is 2.00 bits per heavy atom. The van der Waals surface area contributed by atoms with E-state index < -0.39 is 10.0 Å². The smallest absolute Gasteiger partial charge is 0.242 e. The first-order valence-corrected chi connectivity index (χ1v) is 7.19. The number of hydrogen-bond acceptors (Lipinski definition) is 4. The van der Waals surface area contributed by atoms with Crippen LogP contribution in [0.25, 0.3) is 5.69 Å². The highest BCUT2D eigenvalue weighted by molar-refractivity contribution is 7.89. The van der Waals surface area contributed by atoms with Crippen molar-refractivity contribution in [2.45, 2.75) is 18.7 Å². The molecule has 0 aliphatic heterocycles. The van der Waals surface area contributed by atoms with Crippen LogP contribution in [0.1, 0.15) is 11.4 Å². The summed E-state index contributed by atoms with van der Waals surface area (Å²) in [5.74, 6) is 0. The minimum absolute atomic E-state index is 0.135. The van der Waals surface area contributed by atoms with E-state index in [1.165, 1.54) is 13.1 Å². The molecule has 0 spiro atoms. The second kappa shape index (κ2) is 4.67. The lowest BCUT2D eigenvalue weighted by molar-refractivity contribution is 0.587. The van der Waals surface area contributed by atoms with Crippen LogP contribution in [-0.4, -0.2) is 25.0 Å². The van der Waals surface area contributed by atoms with E-state index in [2.05, 4.69) is 9.71 Å². The largest absolute Gasteiger partial charge is 0.399 e. The summed E-state index contributed by atoms with van der Waals surface area (Å²) in [5.41, 5.74) is 8.35. The van der Waals surface area contributed by atoms with Gasteiger partial charge in [0, 0.05) is 11.4 Å². The number of hydrogen-bond donors (Lipinski definition) is 2. The van der Waals surface area contributed by atoms with E-state index in [1.54, 1.807) is 23.0 Å². The van der Waals surface area contributed by atoms with E-state index in [4.69, 9.17) is 5.73 Å². The molecule has 0 aliphatic carbocycles. The third-order valence-corrected chi connectivity index (χ3v) is 4.50. The molecule has 0 radical (unpaired) electrons. The van der Waals surface area contributed by atoms with Gasteiger partial charge in [-0.05, 0) is 39.1 Å². The number of rotatable bonds is 3. The van der Waals surface area contributed by atoms with Crippen LogP contribution < -0.4 is 10.5 Å². The van der Waals surface area contributed by atoms with Crippen LogP contribution in [0, 0.1) is 13.8 Å². The van der Waals surface area contributed by atoms with Gasteiger partial charge in [-0.3, -0.25) is 0 Å². The van der Waals surface area contributed by atoms with Gasteiger partial charge >= 0.3 is 0 Å². The first-order chi connectivity index (χ1) is 8.86. The highest BCUT2D eigenvalue weighted by Gasteiger charge is 2.19. The Balaban J connectivity index is 2.75. The molecule has 102 valence electrons. The minimum Gasteiger partial charge on any atom is -0.399 e. The Morgan fingerprint density at radius 3 is 2.53 bits per heavy atom. The normalized spacial score (nSPS) is 11.7. The maximum Gasteiger partial charge on any atom is 0.242 e. The van der Waals surface area contributed by atoms with Crippen molar-refractivity contribution in [2.75, 3.05) is 12.8 Å². The first kappa shape index (κ1) is 13.6. The average molecular weight is 280 g/mol. The fraction of sp³-hybridized carbons (Fsp3) is 0.250. The number of aryl methyl sites for hydroxylation is 1. The maximum absolute atomic E-state index is 12.1. The SMILES string of the molecule is CNS(=O)(=O)c1cc(N)ccc1-n1cnc(C)c1C. The van der Waals surface area contributed by atoms with Crippen molar-refractivity contribution in [1.29, 1.82) is 0 Å². The summed E-state index contributed by atoms with van der Waals surface area (Å²) in [7, 11) is -2.22. The van der Waals surface area contributed by atoms with Gasteiger partial charge in [0.05, 0.1) is 17.7 Å². The molecule has 2 rings (SSSR count). The van der Waals surface area contributed by atoms with E-state index >= 15 is 0 Å². The maximum atomic E-state index is 12.1. The zero-order valence-corrected chi connectivity index (χ0v) is 11.8. The number of anilines is 1. The third-order valence-electron chi connectivity index (χ3n) is 3.05. The number of sulfonamides is 1. The molecule has 0 atom stereocenters. The van der Waals surface area contributed by atoms with Crippen molar-refractivity contribution >= 4 is 15.7 Å². The number of aromatic nitrogens is 2. The minimum atomic E-state index is -3.59. The molecule has 1 aromatic carbocycles. The van der Waals surface area contributed by atoms with Crippen LogP contribution in [0.15, 0.2) is 29.4 Å². The number of nitrogens with zero attached hydrogens (tertiary/aromatic N) is 2. The van der Waals surface area contributed by atoms with Gasteiger partial charge in [-0.2, -0.15) is 0 Å². The molecule has 1 heterocycles. The van der Waals surface area contributed by atoms with Crippen molar-refractivity contribution in [3.8, 4) is 5.69 Å². The monoisotopic (exact) mass is 280 g/mol. The predicted molar refractivity (Wildman–Crippen MR) is 73.7 cm³/mol. The molecule has 0 aliphatic rings. The summed E-state index contributed by atoms with van der Waals surface area (Å²) >= 11 is 0. The molecule has 0 saturated heterocycles. The molecule has 1 aromatic heterocycles. The van der Waals surface area contributed by atoms with Crippen molar-refractivity contribution in [3.63, 3.8) is 0 Å². The summed E-state index contributed by atoms with van der Waals surface area (Å²) in [6, 6.07) is 4.78. The van der Waals surface area contributed by atoms with Crippen LogP contribution in [0.2, 0.25) is 0 Å². The van der Waals surface area contributed by atoms with Crippen LogP contribution in [0.5, 0.6) is 0 Å². The Hall–Kier alpha value is -1.86. The second-order valence-electron chi connectivity index (χ2n) is 4.22. The first-order valence-electron chi connectivity index (χ1n) is 5.71. The van der Waals surface area contributed by atoms with Crippen molar-refractivity contribution < 1.29 is 8.42 Å². The Bertz CT molecular complexity index is 719. The summed E-state index contributed by atoms with van der Waals surface area (Å²) in [6.45, 7) is 3.75. The molecule has 19 heavy (non-hydrogen) atoms. The molecule has 7 heteroatoms. The van der Waals surface area contributed by atoms with Crippen molar-refractivity contribution in [2.24, 2.45) is 0 Å². The van der Waals surface area contributed by atoms with Gasteiger partial charge in [0.1, 0.15) is 4.90 Å². The summed E-state index contributed by atoms with van der Waals surface area (Å²) < 4.78 is 28.2. The number of imidazole rings is 1. The van der Waals surface area contributed by atoms with Crippen LogP contribution >= 0.6 is 0 Å². The van der Waals surface area contributed by atoms with Gasteiger partial charge in [0.25, 0.3) is 0 Å². The Morgan fingerprint density at radius 1 is 1.32 bits per heavy atom. The second-order valence-corrected chi connectivity index (χ2v) is 6.08. The molecule has 0 bridgehead atoms. The van der Waals surface area contributed by atoms with Gasteiger partial charge in [0.15, 0.2) is 0 Å². The van der Waals surface area contributed by atoms with E-state index in [0.717, 1.165) is 11.4 Å². The van der Waals surface area contributed by atoms with Gasteiger partial charge in [-0.15, -0.1) is 0 Å². The van der Waals surface area contributed by atoms with Crippen LogP contribution in [0.4, 0.5) is 5.69 Å². The lowest BCUT2D eigenvalue weighted by Gasteiger charge is -2.12. The van der Waals surface area contributed by atoms with E-state index in [-0.39, 0.29) is 4.90 Å². The quantitative estimate of drug-likeness (QED) is 0.820. The van der Waals surface area contributed by atoms with E-state index in [0.29, 0.717) is 11.4 Å². The number of benzene rings is 1. The van der Waals surface area contributed by atoms with Crippen molar-refractivity contribution in [1.82, 2.24) is 14.3 Å². The predicted octanol–water partition coefficient (Wildman–Crippen LogP) is 0.979. The Labute approximate surface area is 112 Å². The molecule has 0 unspecified atom stereocenters. The standard InChI is InChI=1S/C12H16N4O2S/c1-8-9(2)16(7-15-8)11-5-4-10(13)6-12(11)19(17,18)14-3/h4-7,14H,13H2,1-3H3. The third kappa shape index (κ3) is 2.34.